The van der Waals surface area contributed by atoms with Gasteiger partial charge in [-0.2, -0.15) is 0 Å². The van der Waals surface area contributed by atoms with E-state index in [1.165, 1.54) is 0 Å². The second-order valence-electron chi connectivity index (χ2n) is 4.16. The highest BCUT2D eigenvalue weighted by Crippen LogP contribution is 2.19. The third-order valence-electron chi connectivity index (χ3n) is 2.42. The van der Waals surface area contributed by atoms with Crippen molar-refractivity contribution in [2.24, 2.45) is 5.73 Å². The van der Waals surface area contributed by atoms with Crippen LogP contribution < -0.4 is 15.4 Å². The number of anilines is 1. The van der Waals surface area contributed by atoms with E-state index >= 15 is 0 Å². The van der Waals surface area contributed by atoms with Crippen LogP contribution in [0.5, 0.6) is 5.75 Å². The van der Waals surface area contributed by atoms with Gasteiger partial charge >= 0.3 is 0 Å². The monoisotopic (exact) mass is 238 g/mol. The third kappa shape index (κ3) is 5.06. The molecule has 0 aromatic heterocycles. The van der Waals surface area contributed by atoms with Gasteiger partial charge in [-0.3, -0.25) is 0 Å². The number of hydrogen-bond acceptors (Lipinski definition) is 4. The highest BCUT2D eigenvalue weighted by molar-refractivity contribution is 5.49. The minimum absolute atomic E-state index is 0.0895. The minimum Gasteiger partial charge on any atom is -0.491 e. The minimum atomic E-state index is 0.0895. The fraction of sp³-hybridized carbons (Fsp3) is 0.538. The van der Waals surface area contributed by atoms with Gasteiger partial charge in [0.05, 0.1) is 12.7 Å². The molecule has 1 aromatic carbocycles. The number of rotatable bonds is 7. The lowest BCUT2D eigenvalue weighted by Gasteiger charge is -2.15. The number of nitrogens with two attached hydrogens (primary N) is 1. The average Bonchev–Trinajstić information content (AvgIpc) is 2.34. The first-order valence-corrected chi connectivity index (χ1v) is 5.85. The SMILES string of the molecule is CC(CN)OCCOc1cccc(N(C)C)c1. The Kier molecular flexibility index (Phi) is 5.80. The second kappa shape index (κ2) is 7.14. The van der Waals surface area contributed by atoms with E-state index in [0.717, 1.165) is 11.4 Å². The van der Waals surface area contributed by atoms with E-state index in [2.05, 4.69) is 0 Å². The molecule has 1 atom stereocenters. The molecule has 17 heavy (non-hydrogen) atoms. The Balaban J connectivity index is 2.34. The lowest BCUT2D eigenvalue weighted by molar-refractivity contribution is 0.0496. The van der Waals surface area contributed by atoms with Crippen LogP contribution in [-0.4, -0.2) is 40.0 Å². The predicted octanol–water partition coefficient (Wildman–Crippen LogP) is 1.50. The van der Waals surface area contributed by atoms with E-state index in [0.29, 0.717) is 19.8 Å². The van der Waals surface area contributed by atoms with Crippen molar-refractivity contribution in [3.8, 4) is 5.75 Å². The average molecular weight is 238 g/mol. The number of benzene rings is 1. The molecule has 0 aliphatic heterocycles. The molecule has 0 amide bonds. The van der Waals surface area contributed by atoms with Gasteiger partial charge in [0.1, 0.15) is 12.4 Å². The van der Waals surface area contributed by atoms with Crippen LogP contribution in [0.15, 0.2) is 24.3 Å². The summed E-state index contributed by atoms with van der Waals surface area (Å²) in [7, 11) is 4.01. The molecule has 0 saturated carbocycles. The fourth-order valence-electron chi connectivity index (χ4n) is 1.33. The Morgan fingerprint density at radius 3 is 2.71 bits per heavy atom. The summed E-state index contributed by atoms with van der Waals surface area (Å²) in [6.07, 6.45) is 0.0895. The normalized spacial score (nSPS) is 12.2. The van der Waals surface area contributed by atoms with Crippen LogP contribution in [-0.2, 0) is 4.74 Å². The summed E-state index contributed by atoms with van der Waals surface area (Å²) in [5.74, 6) is 0.861. The van der Waals surface area contributed by atoms with E-state index in [1.54, 1.807) is 0 Å². The lowest BCUT2D eigenvalue weighted by Crippen LogP contribution is -2.22. The molecular formula is C13H22N2O2. The maximum Gasteiger partial charge on any atom is 0.121 e. The third-order valence-corrected chi connectivity index (χ3v) is 2.42. The molecule has 4 nitrogen and oxygen atoms in total. The molecule has 4 heteroatoms. The van der Waals surface area contributed by atoms with Gasteiger partial charge < -0.3 is 20.1 Å². The van der Waals surface area contributed by atoms with E-state index in [-0.39, 0.29) is 6.10 Å². The summed E-state index contributed by atoms with van der Waals surface area (Å²) in [5.41, 5.74) is 6.57. The molecule has 0 aliphatic rings. The molecule has 2 N–H and O–H groups in total. The Morgan fingerprint density at radius 1 is 1.29 bits per heavy atom. The van der Waals surface area contributed by atoms with Crippen molar-refractivity contribution in [3.05, 3.63) is 24.3 Å². The summed E-state index contributed by atoms with van der Waals surface area (Å²) in [4.78, 5) is 2.04. The van der Waals surface area contributed by atoms with Gasteiger partial charge in [0.15, 0.2) is 0 Å². The van der Waals surface area contributed by atoms with E-state index in [9.17, 15) is 0 Å². The number of ether oxygens (including phenoxy) is 2. The van der Waals surface area contributed by atoms with Crippen molar-refractivity contribution in [2.45, 2.75) is 13.0 Å². The van der Waals surface area contributed by atoms with Gasteiger partial charge in [-0.25, -0.2) is 0 Å². The van der Waals surface area contributed by atoms with Gasteiger partial charge in [-0.15, -0.1) is 0 Å². The maximum absolute atomic E-state index is 5.60. The van der Waals surface area contributed by atoms with Crippen molar-refractivity contribution in [1.29, 1.82) is 0 Å². The number of hydrogen-bond donors (Lipinski definition) is 1. The van der Waals surface area contributed by atoms with Crippen LogP contribution >= 0.6 is 0 Å². The Hall–Kier alpha value is -1.26. The summed E-state index contributed by atoms with van der Waals surface area (Å²) in [6.45, 7) is 3.59. The number of nitrogens with zero attached hydrogens (tertiary/aromatic N) is 1. The summed E-state index contributed by atoms with van der Waals surface area (Å²) < 4.78 is 11.0. The predicted molar refractivity (Wildman–Crippen MR) is 70.7 cm³/mol. The van der Waals surface area contributed by atoms with Crippen molar-refractivity contribution in [1.82, 2.24) is 0 Å². The van der Waals surface area contributed by atoms with Gasteiger partial charge in [-0.1, -0.05) is 6.07 Å². The molecule has 0 bridgehead atoms. The van der Waals surface area contributed by atoms with E-state index in [1.807, 2.05) is 50.2 Å². The first-order chi connectivity index (χ1) is 8.13. The Bertz CT molecular complexity index is 329. The molecule has 0 radical (unpaired) electrons. The van der Waals surface area contributed by atoms with Crippen molar-refractivity contribution < 1.29 is 9.47 Å². The zero-order valence-electron chi connectivity index (χ0n) is 10.8. The molecule has 96 valence electrons. The van der Waals surface area contributed by atoms with Crippen molar-refractivity contribution >= 4 is 5.69 Å². The van der Waals surface area contributed by atoms with Crippen molar-refractivity contribution in [2.75, 3.05) is 38.8 Å². The summed E-state index contributed by atoms with van der Waals surface area (Å²) in [6, 6.07) is 7.97. The quantitative estimate of drug-likeness (QED) is 0.731. The first kappa shape index (κ1) is 13.8. The summed E-state index contributed by atoms with van der Waals surface area (Å²) in [5, 5.41) is 0. The molecular weight excluding hydrogens is 216 g/mol. The molecule has 1 aromatic rings. The van der Waals surface area contributed by atoms with Crippen LogP contribution in [0.1, 0.15) is 6.92 Å². The highest BCUT2D eigenvalue weighted by atomic mass is 16.5. The van der Waals surface area contributed by atoms with Crippen molar-refractivity contribution in [3.63, 3.8) is 0 Å². The largest absolute Gasteiger partial charge is 0.491 e. The fourth-order valence-corrected chi connectivity index (χ4v) is 1.33. The zero-order valence-corrected chi connectivity index (χ0v) is 10.8. The van der Waals surface area contributed by atoms with E-state index in [4.69, 9.17) is 15.2 Å². The molecule has 1 rings (SSSR count). The van der Waals surface area contributed by atoms with E-state index < -0.39 is 0 Å². The van der Waals surface area contributed by atoms with Gasteiger partial charge in [-0.05, 0) is 19.1 Å². The molecule has 0 heterocycles. The summed E-state index contributed by atoms with van der Waals surface area (Å²) >= 11 is 0. The van der Waals surface area contributed by atoms with Gasteiger partial charge in [0.25, 0.3) is 0 Å². The molecule has 1 unspecified atom stereocenters. The molecule has 0 aliphatic carbocycles. The molecule has 0 saturated heterocycles. The van der Waals surface area contributed by atoms with Crippen LogP contribution in [0, 0.1) is 0 Å². The van der Waals surface area contributed by atoms with Crippen LogP contribution in [0.25, 0.3) is 0 Å². The maximum atomic E-state index is 5.60. The Morgan fingerprint density at radius 2 is 2.06 bits per heavy atom. The molecule has 0 spiro atoms. The zero-order chi connectivity index (χ0) is 12.7. The van der Waals surface area contributed by atoms with Gasteiger partial charge in [0, 0.05) is 32.4 Å². The van der Waals surface area contributed by atoms with Crippen LogP contribution in [0.2, 0.25) is 0 Å². The molecule has 0 fully saturated rings. The smallest absolute Gasteiger partial charge is 0.121 e. The van der Waals surface area contributed by atoms with Crippen LogP contribution in [0.4, 0.5) is 5.69 Å². The highest BCUT2D eigenvalue weighted by Gasteiger charge is 2.00. The first-order valence-electron chi connectivity index (χ1n) is 5.85. The Labute approximate surface area is 103 Å². The second-order valence-corrected chi connectivity index (χ2v) is 4.16. The standard InChI is InChI=1S/C13H22N2O2/c1-11(10-14)16-7-8-17-13-6-4-5-12(9-13)15(2)3/h4-6,9,11H,7-8,10,14H2,1-3H3. The topological polar surface area (TPSA) is 47.7 Å². The van der Waals surface area contributed by atoms with Crippen LogP contribution in [0.3, 0.4) is 0 Å². The lowest BCUT2D eigenvalue weighted by atomic mass is 10.3. The van der Waals surface area contributed by atoms with Gasteiger partial charge in [0.2, 0.25) is 0 Å².